The lowest BCUT2D eigenvalue weighted by atomic mass is 10.1. The first-order valence-electron chi connectivity index (χ1n) is 8.64. The molecular formula is C20H22N4O3. The summed E-state index contributed by atoms with van der Waals surface area (Å²) in [5.74, 6) is 1.17. The van der Waals surface area contributed by atoms with Crippen LogP contribution in [0.25, 0.3) is 11.4 Å². The van der Waals surface area contributed by atoms with E-state index in [0.29, 0.717) is 23.9 Å². The monoisotopic (exact) mass is 366 g/mol. The number of nitrogens with two attached hydrogens (primary N) is 1. The molecule has 0 aliphatic rings. The molecule has 0 saturated carbocycles. The van der Waals surface area contributed by atoms with Gasteiger partial charge < -0.3 is 20.3 Å². The first-order valence-corrected chi connectivity index (χ1v) is 8.64. The van der Waals surface area contributed by atoms with Crippen molar-refractivity contribution < 1.29 is 14.1 Å². The Morgan fingerprint density at radius 3 is 2.74 bits per heavy atom. The van der Waals surface area contributed by atoms with E-state index < -0.39 is 12.1 Å². The number of carbonyl (C=O) groups is 1. The maximum atomic E-state index is 12.3. The van der Waals surface area contributed by atoms with Gasteiger partial charge >= 0.3 is 0 Å². The van der Waals surface area contributed by atoms with Gasteiger partial charge in [-0.25, -0.2) is 0 Å². The molecule has 1 aromatic heterocycles. The van der Waals surface area contributed by atoms with Crippen molar-refractivity contribution in [2.45, 2.75) is 25.4 Å². The van der Waals surface area contributed by atoms with Crippen molar-refractivity contribution in [3.8, 4) is 17.1 Å². The second-order valence-electron chi connectivity index (χ2n) is 6.21. The Morgan fingerprint density at radius 2 is 2.00 bits per heavy atom. The second kappa shape index (κ2) is 8.46. The predicted octanol–water partition coefficient (Wildman–Crippen LogP) is 2.49. The fourth-order valence-corrected chi connectivity index (χ4v) is 2.63. The second-order valence-corrected chi connectivity index (χ2v) is 6.21. The molecule has 7 nitrogen and oxygen atoms in total. The van der Waals surface area contributed by atoms with Crippen molar-refractivity contribution in [1.29, 1.82) is 0 Å². The van der Waals surface area contributed by atoms with Crippen molar-refractivity contribution in [2.75, 3.05) is 7.11 Å². The first-order chi connectivity index (χ1) is 13.1. The Hall–Kier alpha value is -3.19. The normalized spacial score (nSPS) is 13.0. The molecule has 3 rings (SSSR count). The number of aromatic nitrogens is 2. The highest BCUT2D eigenvalue weighted by atomic mass is 16.5. The molecule has 2 atom stereocenters. The predicted molar refractivity (Wildman–Crippen MR) is 101 cm³/mol. The van der Waals surface area contributed by atoms with Gasteiger partial charge in [0.1, 0.15) is 11.8 Å². The number of nitrogens with zero attached hydrogens (tertiary/aromatic N) is 2. The van der Waals surface area contributed by atoms with E-state index in [1.54, 1.807) is 14.0 Å². The Balaban J connectivity index is 1.63. The number of amides is 1. The Bertz CT molecular complexity index is 895. The van der Waals surface area contributed by atoms with E-state index in [-0.39, 0.29) is 5.91 Å². The lowest BCUT2D eigenvalue weighted by molar-refractivity contribution is -0.123. The molecule has 1 heterocycles. The number of ether oxygens (including phenoxy) is 1. The van der Waals surface area contributed by atoms with Crippen LogP contribution in [0.2, 0.25) is 0 Å². The van der Waals surface area contributed by atoms with E-state index in [4.69, 9.17) is 15.0 Å². The van der Waals surface area contributed by atoms with E-state index in [9.17, 15) is 4.79 Å². The van der Waals surface area contributed by atoms with Gasteiger partial charge in [-0.15, -0.1) is 0 Å². The summed E-state index contributed by atoms with van der Waals surface area (Å²) in [7, 11) is 1.59. The summed E-state index contributed by atoms with van der Waals surface area (Å²) >= 11 is 0. The summed E-state index contributed by atoms with van der Waals surface area (Å²) in [5, 5.41) is 6.80. The third kappa shape index (κ3) is 4.71. The minimum absolute atomic E-state index is 0.271. The molecule has 0 fully saturated rings. The maximum absolute atomic E-state index is 12.3. The minimum atomic E-state index is -0.657. The van der Waals surface area contributed by atoms with Crippen LogP contribution in [0.3, 0.4) is 0 Å². The number of nitrogens with one attached hydrogen (secondary N) is 1. The molecule has 140 valence electrons. The zero-order chi connectivity index (χ0) is 19.2. The fourth-order valence-electron chi connectivity index (χ4n) is 2.63. The highest BCUT2D eigenvalue weighted by molar-refractivity contribution is 5.82. The molecule has 3 N–H and O–H groups in total. The van der Waals surface area contributed by atoms with Gasteiger partial charge in [-0.3, -0.25) is 4.79 Å². The topological polar surface area (TPSA) is 103 Å². The van der Waals surface area contributed by atoms with Crippen LogP contribution in [-0.4, -0.2) is 29.2 Å². The molecule has 0 radical (unpaired) electrons. The Labute approximate surface area is 157 Å². The number of methoxy groups -OCH3 is 1. The summed E-state index contributed by atoms with van der Waals surface area (Å²) in [6.07, 6.45) is 0.457. The third-order valence-electron chi connectivity index (χ3n) is 4.13. The van der Waals surface area contributed by atoms with Crippen LogP contribution in [0.1, 0.15) is 24.4 Å². The molecule has 1 amide bonds. The average Bonchev–Trinajstić information content (AvgIpc) is 3.19. The van der Waals surface area contributed by atoms with E-state index in [2.05, 4.69) is 15.5 Å². The van der Waals surface area contributed by atoms with Crippen LogP contribution in [0.5, 0.6) is 5.75 Å². The zero-order valence-electron chi connectivity index (χ0n) is 15.3. The third-order valence-corrected chi connectivity index (χ3v) is 4.13. The van der Waals surface area contributed by atoms with Crippen LogP contribution in [-0.2, 0) is 11.2 Å². The Kier molecular flexibility index (Phi) is 5.83. The molecule has 0 spiro atoms. The van der Waals surface area contributed by atoms with E-state index in [1.165, 1.54) is 0 Å². The first kappa shape index (κ1) is 18.6. The van der Waals surface area contributed by atoms with Gasteiger partial charge in [0.25, 0.3) is 0 Å². The smallest absolute Gasteiger partial charge is 0.249 e. The largest absolute Gasteiger partial charge is 0.497 e. The summed E-state index contributed by atoms with van der Waals surface area (Å²) in [6, 6.07) is 15.9. The van der Waals surface area contributed by atoms with E-state index in [1.807, 2.05) is 54.6 Å². The lowest BCUT2D eigenvalue weighted by Crippen LogP contribution is -2.43. The lowest BCUT2D eigenvalue weighted by Gasteiger charge is -2.15. The van der Waals surface area contributed by atoms with Gasteiger partial charge in [0, 0.05) is 5.56 Å². The van der Waals surface area contributed by atoms with Gasteiger partial charge in [-0.1, -0.05) is 47.6 Å². The maximum Gasteiger partial charge on any atom is 0.249 e. The number of rotatable bonds is 7. The van der Waals surface area contributed by atoms with E-state index >= 15 is 0 Å². The summed E-state index contributed by atoms with van der Waals surface area (Å²) < 4.78 is 10.5. The number of hydrogen-bond donors (Lipinski definition) is 2. The van der Waals surface area contributed by atoms with Gasteiger partial charge in [-0.05, 0) is 31.0 Å². The standard InChI is InChI=1S/C20H22N4O3/c1-13(22-19(25)17(21)11-14-7-4-3-5-8-14)20-23-18(24-27-20)15-9-6-10-16(12-15)26-2/h3-10,12-13,17H,11,21H2,1-2H3,(H,22,25)/t13?,17-/m0/s1. The molecule has 2 aromatic carbocycles. The van der Waals surface area contributed by atoms with Crippen molar-refractivity contribution in [3.63, 3.8) is 0 Å². The minimum Gasteiger partial charge on any atom is -0.497 e. The van der Waals surface area contributed by atoms with Crippen molar-refractivity contribution in [1.82, 2.24) is 15.5 Å². The van der Waals surface area contributed by atoms with Gasteiger partial charge in [0.05, 0.1) is 13.2 Å². The zero-order valence-corrected chi connectivity index (χ0v) is 15.3. The van der Waals surface area contributed by atoms with Crippen molar-refractivity contribution >= 4 is 5.91 Å². The molecule has 0 aliphatic heterocycles. The van der Waals surface area contributed by atoms with Crippen LogP contribution in [0.15, 0.2) is 59.1 Å². The van der Waals surface area contributed by atoms with Crippen LogP contribution >= 0.6 is 0 Å². The molecular weight excluding hydrogens is 344 g/mol. The molecule has 7 heteroatoms. The van der Waals surface area contributed by atoms with Crippen LogP contribution < -0.4 is 15.8 Å². The molecule has 0 bridgehead atoms. The number of benzene rings is 2. The SMILES string of the molecule is COc1cccc(-c2noc(C(C)NC(=O)[C@@H](N)Cc3ccccc3)n2)c1. The van der Waals surface area contributed by atoms with E-state index in [0.717, 1.165) is 11.1 Å². The highest BCUT2D eigenvalue weighted by Crippen LogP contribution is 2.22. The van der Waals surface area contributed by atoms with Crippen molar-refractivity contribution in [3.05, 3.63) is 66.1 Å². The molecule has 0 aliphatic carbocycles. The number of carbonyl (C=O) groups excluding carboxylic acids is 1. The molecule has 27 heavy (non-hydrogen) atoms. The van der Waals surface area contributed by atoms with Gasteiger partial charge in [-0.2, -0.15) is 4.98 Å². The van der Waals surface area contributed by atoms with Crippen LogP contribution in [0, 0.1) is 0 Å². The average molecular weight is 366 g/mol. The Morgan fingerprint density at radius 1 is 1.22 bits per heavy atom. The molecule has 3 aromatic rings. The summed E-state index contributed by atoms with van der Waals surface area (Å²) in [4.78, 5) is 16.7. The molecule has 1 unspecified atom stereocenters. The quantitative estimate of drug-likeness (QED) is 0.666. The van der Waals surface area contributed by atoms with Gasteiger partial charge in [0.2, 0.25) is 17.6 Å². The highest BCUT2D eigenvalue weighted by Gasteiger charge is 2.21. The summed E-state index contributed by atoms with van der Waals surface area (Å²) in [6.45, 7) is 1.77. The van der Waals surface area contributed by atoms with Gasteiger partial charge in [0.15, 0.2) is 0 Å². The molecule has 0 saturated heterocycles. The van der Waals surface area contributed by atoms with Crippen LogP contribution in [0.4, 0.5) is 0 Å². The summed E-state index contributed by atoms with van der Waals surface area (Å²) in [5.41, 5.74) is 7.78. The number of hydrogen-bond acceptors (Lipinski definition) is 6. The van der Waals surface area contributed by atoms with Crippen molar-refractivity contribution in [2.24, 2.45) is 5.73 Å². The fraction of sp³-hybridized carbons (Fsp3) is 0.250.